The summed E-state index contributed by atoms with van der Waals surface area (Å²) >= 11 is 0. The quantitative estimate of drug-likeness (QED) is 0.362. The summed E-state index contributed by atoms with van der Waals surface area (Å²) in [5.74, 6) is -0.321. The Balaban J connectivity index is 1.51. The fourth-order valence-electron chi connectivity index (χ4n) is 3.27. The molecule has 3 rings (SSSR count). The van der Waals surface area contributed by atoms with Crippen LogP contribution in [-0.2, 0) is 20.6 Å². The zero-order chi connectivity index (χ0) is 19.6. The summed E-state index contributed by atoms with van der Waals surface area (Å²) in [5.41, 5.74) is 3.95. The fraction of sp³-hybridized carbons (Fsp3) is 0.375. The third kappa shape index (κ3) is 6.32. The average Bonchev–Trinajstić information content (AvgIpc) is 2.76. The van der Waals surface area contributed by atoms with Gasteiger partial charge in [-0.15, -0.1) is 0 Å². The van der Waals surface area contributed by atoms with Crippen LogP contribution in [0.4, 0.5) is 0 Å². The van der Waals surface area contributed by atoms with Crippen molar-refractivity contribution in [3.8, 4) is 0 Å². The van der Waals surface area contributed by atoms with E-state index in [0.717, 1.165) is 50.0 Å². The predicted molar refractivity (Wildman–Crippen MR) is 111 cm³/mol. The van der Waals surface area contributed by atoms with E-state index < -0.39 is 0 Å². The van der Waals surface area contributed by atoms with Gasteiger partial charge in [0, 0.05) is 6.61 Å². The molecular formula is C24H28O4. The number of rotatable bonds is 8. The van der Waals surface area contributed by atoms with Gasteiger partial charge in [0.1, 0.15) is 0 Å². The summed E-state index contributed by atoms with van der Waals surface area (Å²) in [6.45, 7) is 1.55. The normalized spacial score (nSPS) is 17.0. The molecule has 0 aliphatic carbocycles. The van der Waals surface area contributed by atoms with Crippen LogP contribution in [0.25, 0.3) is 12.2 Å². The first kappa shape index (κ1) is 20.3. The van der Waals surface area contributed by atoms with Crippen LogP contribution in [-0.4, -0.2) is 32.6 Å². The third-order valence-electron chi connectivity index (χ3n) is 4.78. The van der Waals surface area contributed by atoms with Crippen molar-refractivity contribution in [3.63, 3.8) is 0 Å². The van der Waals surface area contributed by atoms with Gasteiger partial charge in [-0.3, -0.25) is 0 Å². The van der Waals surface area contributed by atoms with Gasteiger partial charge in [0.25, 0.3) is 0 Å². The molecule has 1 aliphatic heterocycles. The zero-order valence-electron chi connectivity index (χ0n) is 16.4. The van der Waals surface area contributed by atoms with Crippen LogP contribution in [0.3, 0.4) is 0 Å². The van der Waals surface area contributed by atoms with Crippen molar-refractivity contribution in [1.82, 2.24) is 0 Å². The highest BCUT2D eigenvalue weighted by Crippen LogP contribution is 2.16. The molecule has 28 heavy (non-hydrogen) atoms. The molecule has 1 heterocycles. The first-order chi connectivity index (χ1) is 13.7. The minimum atomic E-state index is -0.321. The molecule has 0 saturated carbocycles. The molecule has 0 bridgehead atoms. The monoisotopic (exact) mass is 380 g/mol. The molecule has 0 aromatic heterocycles. The van der Waals surface area contributed by atoms with Crippen molar-refractivity contribution in [3.05, 3.63) is 70.8 Å². The van der Waals surface area contributed by atoms with Crippen LogP contribution in [0.1, 0.15) is 52.7 Å². The molecule has 0 radical (unpaired) electrons. The van der Waals surface area contributed by atoms with Crippen molar-refractivity contribution in [2.45, 2.75) is 38.4 Å². The summed E-state index contributed by atoms with van der Waals surface area (Å²) in [7, 11) is 1.39. The molecule has 148 valence electrons. The SMILES string of the molecule is COC(=O)c1cccc(/C=C/c2cccc(CCCOC3CCCCO3)c2)c1. The highest BCUT2D eigenvalue weighted by molar-refractivity contribution is 5.90. The highest BCUT2D eigenvalue weighted by atomic mass is 16.7. The number of hydrogen-bond donors (Lipinski definition) is 0. The Morgan fingerprint density at radius 2 is 1.89 bits per heavy atom. The fourth-order valence-corrected chi connectivity index (χ4v) is 3.27. The number of carbonyl (C=O) groups excluding carboxylic acids is 1. The van der Waals surface area contributed by atoms with E-state index in [1.54, 1.807) is 6.07 Å². The lowest BCUT2D eigenvalue weighted by molar-refractivity contribution is -0.162. The van der Waals surface area contributed by atoms with Crippen LogP contribution in [0.2, 0.25) is 0 Å². The smallest absolute Gasteiger partial charge is 0.337 e. The number of esters is 1. The summed E-state index contributed by atoms with van der Waals surface area (Å²) in [5, 5.41) is 0. The molecule has 4 heteroatoms. The van der Waals surface area contributed by atoms with E-state index in [1.807, 2.05) is 24.3 Å². The minimum absolute atomic E-state index is 0.0104. The van der Waals surface area contributed by atoms with Crippen molar-refractivity contribution >= 4 is 18.1 Å². The van der Waals surface area contributed by atoms with Gasteiger partial charge in [0.05, 0.1) is 19.3 Å². The minimum Gasteiger partial charge on any atom is -0.465 e. The molecule has 1 aliphatic rings. The lowest BCUT2D eigenvalue weighted by atomic mass is 10.0. The molecule has 1 fully saturated rings. The van der Waals surface area contributed by atoms with E-state index in [2.05, 4.69) is 30.3 Å². The van der Waals surface area contributed by atoms with Gasteiger partial charge in [-0.05, 0) is 60.9 Å². The van der Waals surface area contributed by atoms with Gasteiger partial charge in [0.15, 0.2) is 6.29 Å². The Hall–Kier alpha value is -2.43. The maximum atomic E-state index is 11.6. The second-order valence-corrected chi connectivity index (χ2v) is 6.97. The summed E-state index contributed by atoms with van der Waals surface area (Å²) < 4.78 is 16.2. The van der Waals surface area contributed by atoms with Crippen molar-refractivity contribution in [2.75, 3.05) is 20.3 Å². The van der Waals surface area contributed by atoms with Crippen LogP contribution in [0.5, 0.6) is 0 Å². The molecule has 1 atom stereocenters. The number of ether oxygens (including phenoxy) is 3. The van der Waals surface area contributed by atoms with Crippen LogP contribution < -0.4 is 0 Å². The topological polar surface area (TPSA) is 44.8 Å². The Morgan fingerprint density at radius 3 is 2.64 bits per heavy atom. The van der Waals surface area contributed by atoms with E-state index in [0.29, 0.717) is 5.56 Å². The Labute approximate surface area is 167 Å². The number of hydrogen-bond acceptors (Lipinski definition) is 4. The van der Waals surface area contributed by atoms with Crippen molar-refractivity contribution < 1.29 is 19.0 Å². The lowest BCUT2D eigenvalue weighted by Crippen LogP contribution is -2.22. The molecule has 1 saturated heterocycles. The third-order valence-corrected chi connectivity index (χ3v) is 4.78. The Morgan fingerprint density at radius 1 is 1.11 bits per heavy atom. The van der Waals surface area contributed by atoms with Crippen molar-refractivity contribution in [1.29, 1.82) is 0 Å². The van der Waals surface area contributed by atoms with E-state index in [1.165, 1.54) is 19.1 Å². The summed E-state index contributed by atoms with van der Waals surface area (Å²) in [6, 6.07) is 15.9. The second-order valence-electron chi connectivity index (χ2n) is 6.97. The zero-order valence-corrected chi connectivity index (χ0v) is 16.4. The maximum absolute atomic E-state index is 11.6. The highest BCUT2D eigenvalue weighted by Gasteiger charge is 2.13. The second kappa shape index (κ2) is 10.8. The Kier molecular flexibility index (Phi) is 7.82. The lowest BCUT2D eigenvalue weighted by Gasteiger charge is -2.22. The number of carbonyl (C=O) groups is 1. The maximum Gasteiger partial charge on any atom is 0.337 e. The van der Waals surface area contributed by atoms with E-state index in [4.69, 9.17) is 14.2 Å². The van der Waals surface area contributed by atoms with E-state index in [9.17, 15) is 4.79 Å². The molecule has 1 unspecified atom stereocenters. The molecule has 2 aromatic rings. The van der Waals surface area contributed by atoms with Crippen molar-refractivity contribution in [2.24, 2.45) is 0 Å². The molecular weight excluding hydrogens is 352 g/mol. The summed E-state index contributed by atoms with van der Waals surface area (Å²) in [6.07, 6.45) is 9.37. The first-order valence-electron chi connectivity index (χ1n) is 9.93. The van der Waals surface area contributed by atoms with Gasteiger partial charge in [-0.1, -0.05) is 48.6 Å². The molecule has 2 aromatic carbocycles. The van der Waals surface area contributed by atoms with Gasteiger partial charge in [-0.25, -0.2) is 4.79 Å². The number of benzene rings is 2. The molecule has 4 nitrogen and oxygen atoms in total. The number of aryl methyl sites for hydroxylation is 1. The largest absolute Gasteiger partial charge is 0.465 e. The van der Waals surface area contributed by atoms with E-state index in [-0.39, 0.29) is 12.3 Å². The first-order valence-corrected chi connectivity index (χ1v) is 9.93. The van der Waals surface area contributed by atoms with Gasteiger partial charge >= 0.3 is 5.97 Å². The standard InChI is InChI=1S/C24H28O4/c1-26-24(25)22-11-5-9-21(18-22)14-13-20-8-4-7-19(17-20)10-6-16-28-23-12-2-3-15-27-23/h4-5,7-9,11,13-14,17-18,23H,2-3,6,10,12,15-16H2,1H3/b14-13+. The van der Waals surface area contributed by atoms with Gasteiger partial charge in [-0.2, -0.15) is 0 Å². The molecule has 0 N–H and O–H groups in total. The van der Waals surface area contributed by atoms with Crippen LogP contribution >= 0.6 is 0 Å². The number of methoxy groups -OCH3 is 1. The van der Waals surface area contributed by atoms with Crippen LogP contribution in [0, 0.1) is 0 Å². The van der Waals surface area contributed by atoms with Crippen LogP contribution in [0.15, 0.2) is 48.5 Å². The predicted octanol–water partition coefficient (Wildman–Crippen LogP) is 5.12. The Bertz CT molecular complexity index is 791. The van der Waals surface area contributed by atoms with Gasteiger partial charge < -0.3 is 14.2 Å². The molecule has 0 amide bonds. The summed E-state index contributed by atoms with van der Waals surface area (Å²) in [4.78, 5) is 11.6. The van der Waals surface area contributed by atoms with Gasteiger partial charge in [0.2, 0.25) is 0 Å². The average molecular weight is 380 g/mol. The molecule has 0 spiro atoms. The van der Waals surface area contributed by atoms with E-state index >= 15 is 0 Å².